The van der Waals surface area contributed by atoms with Gasteiger partial charge in [-0.05, 0) is 48.2 Å². The van der Waals surface area contributed by atoms with Crippen molar-refractivity contribution in [2.24, 2.45) is 0 Å². The van der Waals surface area contributed by atoms with Gasteiger partial charge in [-0.3, -0.25) is 14.8 Å². The highest BCUT2D eigenvalue weighted by Crippen LogP contribution is 2.42. The topological polar surface area (TPSA) is 80.6 Å². The van der Waals surface area contributed by atoms with Crippen LogP contribution in [0.1, 0.15) is 39.9 Å². The lowest BCUT2D eigenvalue weighted by atomic mass is 9.84. The number of carbonyl (C=O) groups excluding carboxylic acids is 1. The quantitative estimate of drug-likeness (QED) is 0.484. The third-order valence-electron chi connectivity index (χ3n) is 5.52. The van der Waals surface area contributed by atoms with Gasteiger partial charge in [-0.2, -0.15) is 0 Å². The van der Waals surface area contributed by atoms with Crippen LogP contribution in [0.25, 0.3) is 0 Å². The summed E-state index contributed by atoms with van der Waals surface area (Å²) in [6, 6.07) is 13.1. The molecule has 2 N–H and O–H groups in total. The molecule has 4 rings (SSSR count). The van der Waals surface area contributed by atoms with Crippen LogP contribution in [0.15, 0.2) is 65.6 Å². The van der Waals surface area contributed by atoms with Gasteiger partial charge < -0.3 is 9.30 Å². The molecular formula is C23H20F2N2O4. The molecule has 2 heterocycles. The average Bonchev–Trinajstić information content (AvgIpc) is 3.27. The zero-order chi connectivity index (χ0) is 22.0. The normalized spacial score (nSPS) is 18.2. The molecule has 1 aliphatic rings. The number of halogens is 2. The van der Waals surface area contributed by atoms with E-state index < -0.39 is 28.7 Å². The Hall–Kier alpha value is -3.36. The zero-order valence-electron chi connectivity index (χ0n) is 16.5. The minimum atomic E-state index is -1.13. The van der Waals surface area contributed by atoms with Crippen molar-refractivity contribution in [3.63, 3.8) is 0 Å². The Labute approximate surface area is 176 Å². The van der Waals surface area contributed by atoms with E-state index in [2.05, 4.69) is 0 Å². The fourth-order valence-corrected chi connectivity index (χ4v) is 3.96. The van der Waals surface area contributed by atoms with Crippen LogP contribution in [0.4, 0.5) is 8.78 Å². The maximum Gasteiger partial charge on any atom is 0.274 e. The molecule has 0 spiro atoms. The van der Waals surface area contributed by atoms with Gasteiger partial charge in [0.2, 0.25) is 0 Å². The first kappa shape index (κ1) is 20.9. The molecule has 1 fully saturated rings. The molecular weight excluding hydrogens is 406 g/mol. The standard InChI is InChI=1S/C23H20F2N2O4/c24-18-8-6-17(7-9-18)23(10-1-11-31-23)19-12-21(28)27(14-20(19)25)13-15-2-4-16(5-3-15)22(29)26-30/h2-9,12,14,30H,1,10-11,13H2,(H,26,29). The number of ether oxygens (including phenoxy) is 1. The highest BCUT2D eigenvalue weighted by molar-refractivity contribution is 5.93. The summed E-state index contributed by atoms with van der Waals surface area (Å²) in [5.41, 5.74) is 1.66. The number of pyridine rings is 1. The Morgan fingerprint density at radius 2 is 1.84 bits per heavy atom. The Kier molecular flexibility index (Phi) is 5.67. The highest BCUT2D eigenvalue weighted by Gasteiger charge is 2.41. The van der Waals surface area contributed by atoms with Gasteiger partial charge in [0.25, 0.3) is 11.5 Å². The summed E-state index contributed by atoms with van der Waals surface area (Å²) in [4.78, 5) is 24.2. The molecule has 1 saturated heterocycles. The van der Waals surface area contributed by atoms with E-state index in [4.69, 9.17) is 9.94 Å². The average molecular weight is 426 g/mol. The number of hydrogen-bond acceptors (Lipinski definition) is 4. The summed E-state index contributed by atoms with van der Waals surface area (Å²) in [6.07, 6.45) is 2.31. The minimum Gasteiger partial charge on any atom is -0.365 e. The number of rotatable bonds is 5. The first-order valence-corrected chi connectivity index (χ1v) is 9.77. The van der Waals surface area contributed by atoms with Crippen molar-refractivity contribution >= 4 is 5.91 Å². The van der Waals surface area contributed by atoms with Crippen LogP contribution in [-0.2, 0) is 16.9 Å². The van der Waals surface area contributed by atoms with Crippen molar-refractivity contribution < 1.29 is 23.5 Å². The van der Waals surface area contributed by atoms with Crippen LogP contribution in [0, 0.1) is 11.6 Å². The molecule has 160 valence electrons. The van der Waals surface area contributed by atoms with Crippen LogP contribution < -0.4 is 11.0 Å². The van der Waals surface area contributed by atoms with E-state index in [-0.39, 0.29) is 17.7 Å². The molecule has 31 heavy (non-hydrogen) atoms. The number of carbonyl (C=O) groups is 1. The van der Waals surface area contributed by atoms with Crippen molar-refractivity contribution in [2.75, 3.05) is 6.61 Å². The van der Waals surface area contributed by atoms with Gasteiger partial charge in [0.15, 0.2) is 0 Å². The molecule has 1 amide bonds. The fourth-order valence-electron chi connectivity index (χ4n) is 3.96. The number of benzene rings is 2. The van der Waals surface area contributed by atoms with Crippen LogP contribution in [0.5, 0.6) is 0 Å². The van der Waals surface area contributed by atoms with Gasteiger partial charge in [0.1, 0.15) is 17.2 Å². The van der Waals surface area contributed by atoms with Gasteiger partial charge in [0.05, 0.1) is 6.54 Å². The number of aromatic nitrogens is 1. The molecule has 3 aromatic rings. The van der Waals surface area contributed by atoms with E-state index in [1.165, 1.54) is 34.9 Å². The lowest BCUT2D eigenvalue weighted by molar-refractivity contribution is 0.0327. The third-order valence-corrected chi connectivity index (χ3v) is 5.52. The number of hydrogen-bond donors (Lipinski definition) is 2. The summed E-state index contributed by atoms with van der Waals surface area (Å²) in [7, 11) is 0. The van der Waals surface area contributed by atoms with Gasteiger partial charge in [-0.25, -0.2) is 14.3 Å². The van der Waals surface area contributed by atoms with Gasteiger partial charge in [-0.1, -0.05) is 24.3 Å². The molecule has 8 heteroatoms. The summed E-state index contributed by atoms with van der Waals surface area (Å²) in [6.45, 7) is 0.509. The predicted molar refractivity (Wildman–Crippen MR) is 108 cm³/mol. The zero-order valence-corrected chi connectivity index (χ0v) is 16.5. The Morgan fingerprint density at radius 3 is 2.45 bits per heavy atom. The van der Waals surface area contributed by atoms with Gasteiger partial charge in [-0.15, -0.1) is 0 Å². The van der Waals surface area contributed by atoms with E-state index in [1.807, 2.05) is 0 Å². The molecule has 0 radical (unpaired) electrons. The second-order valence-corrected chi connectivity index (χ2v) is 7.42. The van der Waals surface area contributed by atoms with Crippen LogP contribution in [-0.4, -0.2) is 22.3 Å². The van der Waals surface area contributed by atoms with Crippen molar-refractivity contribution in [2.45, 2.75) is 25.0 Å². The van der Waals surface area contributed by atoms with Crippen molar-refractivity contribution in [3.8, 4) is 0 Å². The SMILES string of the molecule is O=C(NO)c1ccc(Cn2cc(F)c(C3(c4ccc(F)cc4)CCCO3)cc2=O)cc1. The molecule has 2 aromatic carbocycles. The molecule has 6 nitrogen and oxygen atoms in total. The van der Waals surface area contributed by atoms with E-state index in [0.29, 0.717) is 30.6 Å². The molecule has 1 aliphatic heterocycles. The first-order valence-electron chi connectivity index (χ1n) is 9.77. The number of amides is 1. The van der Waals surface area contributed by atoms with Gasteiger partial charge in [0, 0.05) is 30.0 Å². The Morgan fingerprint density at radius 1 is 1.13 bits per heavy atom. The van der Waals surface area contributed by atoms with E-state index >= 15 is 4.39 Å². The summed E-state index contributed by atoms with van der Waals surface area (Å²) in [5, 5.41) is 8.68. The minimum absolute atomic E-state index is 0.0987. The maximum atomic E-state index is 15.2. The molecule has 1 unspecified atom stereocenters. The molecule has 1 atom stereocenters. The van der Waals surface area contributed by atoms with Crippen LogP contribution in [0.2, 0.25) is 0 Å². The summed E-state index contributed by atoms with van der Waals surface area (Å²) < 4.78 is 35.8. The predicted octanol–water partition coefficient (Wildman–Crippen LogP) is 3.35. The number of nitrogens with one attached hydrogen (secondary N) is 1. The Bertz CT molecular complexity index is 1150. The van der Waals surface area contributed by atoms with E-state index in [1.54, 1.807) is 29.7 Å². The van der Waals surface area contributed by atoms with Crippen molar-refractivity contribution in [1.29, 1.82) is 0 Å². The molecule has 0 saturated carbocycles. The second-order valence-electron chi connectivity index (χ2n) is 7.42. The third kappa shape index (κ3) is 3.99. The lowest BCUT2D eigenvalue weighted by Crippen LogP contribution is -2.32. The molecule has 0 aliphatic carbocycles. The van der Waals surface area contributed by atoms with Crippen LogP contribution >= 0.6 is 0 Å². The van der Waals surface area contributed by atoms with Crippen molar-refractivity contribution in [3.05, 3.63) is 105 Å². The molecule has 1 aromatic heterocycles. The van der Waals surface area contributed by atoms with Crippen molar-refractivity contribution in [1.82, 2.24) is 10.0 Å². The fraction of sp³-hybridized carbons (Fsp3) is 0.217. The second kappa shape index (κ2) is 8.41. The lowest BCUT2D eigenvalue weighted by Gasteiger charge is -2.30. The maximum absolute atomic E-state index is 15.2. The van der Waals surface area contributed by atoms with Gasteiger partial charge >= 0.3 is 0 Å². The first-order chi connectivity index (χ1) is 14.9. The van der Waals surface area contributed by atoms with E-state index in [9.17, 15) is 14.0 Å². The summed E-state index contributed by atoms with van der Waals surface area (Å²) >= 11 is 0. The monoisotopic (exact) mass is 426 g/mol. The largest absolute Gasteiger partial charge is 0.365 e. The number of nitrogens with zero attached hydrogens (tertiary/aromatic N) is 1. The Balaban J connectivity index is 1.67. The molecule has 0 bridgehead atoms. The summed E-state index contributed by atoms with van der Waals surface area (Å²) in [5.74, 6) is -1.65. The van der Waals surface area contributed by atoms with Crippen LogP contribution in [0.3, 0.4) is 0 Å². The number of hydroxylamine groups is 1. The van der Waals surface area contributed by atoms with E-state index in [0.717, 1.165) is 6.20 Å². The smallest absolute Gasteiger partial charge is 0.274 e. The highest BCUT2D eigenvalue weighted by atomic mass is 19.1.